The van der Waals surface area contributed by atoms with E-state index in [0.717, 1.165) is 0 Å². The lowest BCUT2D eigenvalue weighted by Gasteiger charge is -2.44. The molecule has 1 rings (SSSR count). The highest BCUT2D eigenvalue weighted by Crippen LogP contribution is 2.29. The van der Waals surface area contributed by atoms with Crippen molar-refractivity contribution in [3.8, 4) is 0 Å². The van der Waals surface area contributed by atoms with E-state index < -0.39 is 48.6 Å². The average molecular weight is 348 g/mol. The predicted octanol–water partition coefficient (Wildman–Crippen LogP) is 0.189. The lowest BCUT2D eigenvalue weighted by atomic mass is 9.98. The van der Waals surface area contributed by atoms with E-state index in [4.69, 9.17) is 28.4 Å². The molecule has 1 fully saturated rings. The number of carbonyl (C=O) groups excluding carboxylic acids is 3. The molecule has 0 aromatic rings. The van der Waals surface area contributed by atoms with Crippen LogP contribution in [0.2, 0.25) is 0 Å². The van der Waals surface area contributed by atoms with Gasteiger partial charge in [0, 0.05) is 34.5 Å². The minimum Gasteiger partial charge on any atom is -0.463 e. The Hall–Kier alpha value is -1.71. The van der Waals surface area contributed by atoms with E-state index in [1.807, 2.05) is 0 Å². The minimum atomic E-state index is -1.01. The van der Waals surface area contributed by atoms with Gasteiger partial charge in [0.2, 0.25) is 0 Å². The van der Waals surface area contributed by atoms with E-state index in [9.17, 15) is 14.4 Å². The van der Waals surface area contributed by atoms with Gasteiger partial charge in [-0.25, -0.2) is 0 Å². The van der Waals surface area contributed by atoms with Crippen molar-refractivity contribution in [3.63, 3.8) is 0 Å². The third-order valence-corrected chi connectivity index (χ3v) is 3.25. The minimum absolute atomic E-state index is 0.189. The largest absolute Gasteiger partial charge is 0.463 e. The van der Waals surface area contributed by atoms with Crippen molar-refractivity contribution in [3.05, 3.63) is 0 Å². The Kier molecular flexibility index (Phi) is 8.09. The summed E-state index contributed by atoms with van der Waals surface area (Å²) in [5, 5.41) is 0. The summed E-state index contributed by atoms with van der Waals surface area (Å²) in [4.78, 5) is 34.0. The van der Waals surface area contributed by atoms with Gasteiger partial charge in [0.25, 0.3) is 0 Å². The third-order valence-electron chi connectivity index (χ3n) is 3.25. The van der Waals surface area contributed by atoms with Crippen LogP contribution in [0, 0.1) is 0 Å². The fourth-order valence-corrected chi connectivity index (χ4v) is 2.42. The van der Waals surface area contributed by atoms with Gasteiger partial charge in [-0.1, -0.05) is 0 Å². The Labute approximate surface area is 140 Å². The number of hydrogen-bond donors (Lipinski definition) is 0. The number of methoxy groups -OCH3 is 1. The Morgan fingerprint density at radius 2 is 1.50 bits per heavy atom. The molecule has 0 aliphatic carbocycles. The first-order valence-electron chi connectivity index (χ1n) is 7.57. The molecule has 0 radical (unpaired) electrons. The fraction of sp³-hybridized carbons (Fsp3) is 0.800. The van der Waals surface area contributed by atoms with Crippen LogP contribution in [-0.4, -0.2) is 68.9 Å². The first-order valence-corrected chi connectivity index (χ1v) is 7.57. The van der Waals surface area contributed by atoms with Gasteiger partial charge in [-0.15, -0.1) is 0 Å². The van der Waals surface area contributed by atoms with Crippen molar-refractivity contribution >= 4 is 17.9 Å². The molecule has 0 spiro atoms. The van der Waals surface area contributed by atoms with Crippen LogP contribution in [0.4, 0.5) is 0 Å². The van der Waals surface area contributed by atoms with Crippen molar-refractivity contribution in [2.45, 2.75) is 58.4 Å². The van der Waals surface area contributed by atoms with Crippen molar-refractivity contribution in [1.29, 1.82) is 0 Å². The van der Waals surface area contributed by atoms with Gasteiger partial charge < -0.3 is 28.4 Å². The molecule has 1 saturated heterocycles. The molecule has 0 amide bonds. The van der Waals surface area contributed by atoms with Crippen LogP contribution >= 0.6 is 0 Å². The van der Waals surface area contributed by atoms with Gasteiger partial charge in [-0.3, -0.25) is 14.4 Å². The average Bonchev–Trinajstić information content (AvgIpc) is 2.47. The van der Waals surface area contributed by atoms with Crippen LogP contribution in [0.1, 0.15) is 27.7 Å². The highest BCUT2D eigenvalue weighted by Gasteiger charge is 2.51. The smallest absolute Gasteiger partial charge is 0.303 e. The molecule has 9 heteroatoms. The van der Waals surface area contributed by atoms with Crippen LogP contribution < -0.4 is 0 Å². The zero-order valence-electron chi connectivity index (χ0n) is 14.5. The van der Waals surface area contributed by atoms with Crippen molar-refractivity contribution in [1.82, 2.24) is 0 Å². The zero-order chi connectivity index (χ0) is 18.3. The van der Waals surface area contributed by atoms with Crippen molar-refractivity contribution < 1.29 is 42.8 Å². The van der Waals surface area contributed by atoms with Crippen LogP contribution in [0.15, 0.2) is 0 Å². The van der Waals surface area contributed by atoms with Gasteiger partial charge in [0.05, 0.1) is 0 Å². The molecule has 1 aliphatic rings. The number of carbonyl (C=O) groups is 3. The van der Waals surface area contributed by atoms with Crippen LogP contribution in [-0.2, 0) is 42.8 Å². The molecule has 5 atom stereocenters. The molecule has 0 bridgehead atoms. The van der Waals surface area contributed by atoms with Crippen LogP contribution in [0.5, 0.6) is 0 Å². The third kappa shape index (κ3) is 5.73. The Morgan fingerprint density at radius 3 is 1.96 bits per heavy atom. The molecule has 9 nitrogen and oxygen atoms in total. The predicted molar refractivity (Wildman–Crippen MR) is 78.8 cm³/mol. The monoisotopic (exact) mass is 348 g/mol. The number of esters is 3. The van der Waals surface area contributed by atoms with E-state index in [0.29, 0.717) is 6.61 Å². The van der Waals surface area contributed by atoms with Crippen LogP contribution in [0.25, 0.3) is 0 Å². The highest BCUT2D eigenvalue weighted by molar-refractivity contribution is 5.67. The van der Waals surface area contributed by atoms with E-state index in [-0.39, 0.29) is 6.61 Å². The molecular weight excluding hydrogens is 324 g/mol. The summed E-state index contributed by atoms with van der Waals surface area (Å²) in [7, 11) is 1.40. The standard InChI is InChI=1S/C15H24O9/c1-6-20-15-14(19-5)13(23-10(4)18)12(22-9(3)17)11(24-15)7-21-8(2)16/h11-15H,6-7H2,1-5H3. The van der Waals surface area contributed by atoms with E-state index in [2.05, 4.69) is 0 Å². The molecule has 5 unspecified atom stereocenters. The normalized spacial score (nSPS) is 29.6. The summed E-state index contributed by atoms with van der Waals surface area (Å²) < 4.78 is 32.0. The number of ether oxygens (including phenoxy) is 6. The summed E-state index contributed by atoms with van der Waals surface area (Å²) in [5.41, 5.74) is 0. The molecule has 0 aromatic carbocycles. The quantitative estimate of drug-likeness (QED) is 0.470. The van der Waals surface area contributed by atoms with Gasteiger partial charge in [-0.05, 0) is 6.92 Å². The molecule has 0 saturated carbocycles. The second kappa shape index (κ2) is 9.55. The summed E-state index contributed by atoms with van der Waals surface area (Å²) in [6.45, 7) is 5.57. The van der Waals surface area contributed by atoms with Crippen LogP contribution in [0.3, 0.4) is 0 Å². The van der Waals surface area contributed by atoms with E-state index in [1.165, 1.54) is 27.9 Å². The Morgan fingerprint density at radius 1 is 0.917 bits per heavy atom. The maximum atomic E-state index is 11.5. The Balaban J connectivity index is 3.10. The molecule has 24 heavy (non-hydrogen) atoms. The van der Waals surface area contributed by atoms with Gasteiger partial charge in [-0.2, -0.15) is 0 Å². The lowest BCUT2D eigenvalue weighted by Crippen LogP contribution is -2.62. The lowest BCUT2D eigenvalue weighted by molar-refractivity contribution is -0.309. The number of rotatable bonds is 7. The summed E-state index contributed by atoms with van der Waals surface area (Å²) >= 11 is 0. The second-order valence-corrected chi connectivity index (χ2v) is 5.15. The molecule has 0 N–H and O–H groups in total. The molecule has 1 aliphatic heterocycles. The summed E-state index contributed by atoms with van der Waals surface area (Å²) in [5.74, 6) is -1.70. The second-order valence-electron chi connectivity index (χ2n) is 5.15. The zero-order valence-corrected chi connectivity index (χ0v) is 14.5. The highest BCUT2D eigenvalue weighted by atomic mass is 16.7. The van der Waals surface area contributed by atoms with Gasteiger partial charge in [0.1, 0.15) is 18.8 Å². The van der Waals surface area contributed by atoms with E-state index in [1.54, 1.807) is 6.92 Å². The molecule has 0 aromatic heterocycles. The van der Waals surface area contributed by atoms with Gasteiger partial charge >= 0.3 is 17.9 Å². The van der Waals surface area contributed by atoms with E-state index >= 15 is 0 Å². The first-order chi connectivity index (χ1) is 11.3. The topological polar surface area (TPSA) is 107 Å². The number of hydrogen-bond acceptors (Lipinski definition) is 9. The van der Waals surface area contributed by atoms with Crippen molar-refractivity contribution in [2.24, 2.45) is 0 Å². The Bertz CT molecular complexity index is 450. The SMILES string of the molecule is CCOC1OC(COC(C)=O)C(OC(C)=O)C(OC(C)=O)C1OC. The van der Waals surface area contributed by atoms with Crippen molar-refractivity contribution in [2.75, 3.05) is 20.3 Å². The van der Waals surface area contributed by atoms with Gasteiger partial charge in [0.15, 0.2) is 18.5 Å². The molecule has 138 valence electrons. The first kappa shape index (κ1) is 20.3. The maximum Gasteiger partial charge on any atom is 0.303 e. The summed E-state index contributed by atoms with van der Waals surface area (Å²) in [6.07, 6.45) is -4.54. The molecule has 1 heterocycles. The molecular formula is C15H24O9. The summed E-state index contributed by atoms with van der Waals surface area (Å²) in [6, 6.07) is 0. The maximum absolute atomic E-state index is 11.5. The fourth-order valence-electron chi connectivity index (χ4n) is 2.42.